The zero-order valence-corrected chi connectivity index (χ0v) is 20.5. The molecular weight excluding hydrogens is 499 g/mol. The Kier molecular flexibility index (Phi) is 10.6. The molecule has 2 rings (SSSR count). The van der Waals surface area contributed by atoms with Gasteiger partial charge in [-0.25, -0.2) is 13.1 Å². The minimum atomic E-state index is -3.31. The van der Waals surface area contributed by atoms with Gasteiger partial charge < -0.3 is 10.6 Å². The molecule has 0 aromatic heterocycles. The summed E-state index contributed by atoms with van der Waals surface area (Å²) in [6, 6.07) is 15.8. The van der Waals surface area contributed by atoms with Crippen molar-refractivity contribution in [3.63, 3.8) is 0 Å². The highest BCUT2D eigenvalue weighted by Crippen LogP contribution is 2.08. The fraction of sp³-hybridized carbons (Fsp3) is 0.381. The van der Waals surface area contributed by atoms with Crippen LogP contribution in [-0.2, 0) is 28.9 Å². The topological polar surface area (TPSA) is 82.6 Å². The smallest absolute Gasteiger partial charge is 0.216 e. The van der Waals surface area contributed by atoms with Gasteiger partial charge in [0.05, 0.1) is 5.75 Å². The van der Waals surface area contributed by atoms with Gasteiger partial charge in [-0.3, -0.25) is 4.99 Å². The Balaban J connectivity index is 0.00000420. The molecule has 29 heavy (non-hydrogen) atoms. The summed E-state index contributed by atoms with van der Waals surface area (Å²) < 4.78 is 26.6. The maximum atomic E-state index is 12.0. The normalized spacial score (nSPS) is 11.8. The van der Waals surface area contributed by atoms with Crippen LogP contribution < -0.4 is 15.4 Å². The van der Waals surface area contributed by atoms with E-state index in [1.807, 2.05) is 38.1 Å². The molecule has 8 heteroatoms. The lowest BCUT2D eigenvalue weighted by molar-refractivity contribution is 0.569. The van der Waals surface area contributed by atoms with Gasteiger partial charge in [-0.15, -0.1) is 24.0 Å². The second-order valence-electron chi connectivity index (χ2n) is 7.11. The highest BCUT2D eigenvalue weighted by Gasteiger charge is 2.12. The van der Waals surface area contributed by atoms with E-state index in [9.17, 15) is 8.42 Å². The van der Waals surface area contributed by atoms with E-state index in [4.69, 9.17) is 0 Å². The quantitative estimate of drug-likeness (QED) is 0.278. The number of sulfonamides is 1. The molecule has 0 amide bonds. The van der Waals surface area contributed by atoms with Gasteiger partial charge in [0.25, 0.3) is 0 Å². The predicted molar refractivity (Wildman–Crippen MR) is 131 cm³/mol. The van der Waals surface area contributed by atoms with Gasteiger partial charge in [-0.1, -0.05) is 54.1 Å². The Morgan fingerprint density at radius 3 is 1.79 bits per heavy atom. The molecule has 3 N–H and O–H groups in total. The summed E-state index contributed by atoms with van der Waals surface area (Å²) in [4.78, 5) is 4.24. The van der Waals surface area contributed by atoms with Gasteiger partial charge in [-0.05, 0) is 37.5 Å². The fourth-order valence-corrected chi connectivity index (χ4v) is 4.10. The molecule has 0 bridgehead atoms. The van der Waals surface area contributed by atoms with Crippen LogP contribution in [0.4, 0.5) is 0 Å². The minimum absolute atomic E-state index is 0. The molecule has 0 saturated heterocycles. The van der Waals surface area contributed by atoms with Crippen LogP contribution in [0, 0.1) is 6.92 Å². The lowest BCUT2D eigenvalue weighted by Gasteiger charge is -2.13. The highest BCUT2D eigenvalue weighted by atomic mass is 127. The van der Waals surface area contributed by atoms with Crippen LogP contribution in [0.2, 0.25) is 0 Å². The van der Waals surface area contributed by atoms with Gasteiger partial charge in [0.1, 0.15) is 0 Å². The van der Waals surface area contributed by atoms with Crippen LogP contribution >= 0.6 is 24.0 Å². The molecular formula is C21H31IN4O2S. The maximum absolute atomic E-state index is 12.0. The van der Waals surface area contributed by atoms with Crippen molar-refractivity contribution in [1.29, 1.82) is 0 Å². The van der Waals surface area contributed by atoms with E-state index >= 15 is 0 Å². The number of hydrogen-bond donors (Lipinski definition) is 3. The highest BCUT2D eigenvalue weighted by molar-refractivity contribution is 14.0. The summed E-state index contributed by atoms with van der Waals surface area (Å²) >= 11 is 0. The standard InChI is InChI=1S/C21H30N4O2S.HI/c1-16(2)25-28(26,27)15-20-11-9-19(10-12-20)14-24-21(22-4)23-13-18-7-5-17(3)6-8-18;/h5-12,16,25H,13-15H2,1-4H3,(H2,22,23,24);1H. The molecule has 0 aliphatic heterocycles. The van der Waals surface area contributed by atoms with Crippen molar-refractivity contribution in [2.24, 2.45) is 4.99 Å². The summed E-state index contributed by atoms with van der Waals surface area (Å²) in [6.07, 6.45) is 0. The van der Waals surface area contributed by atoms with Gasteiger partial charge in [0.15, 0.2) is 5.96 Å². The van der Waals surface area contributed by atoms with E-state index in [2.05, 4.69) is 51.5 Å². The van der Waals surface area contributed by atoms with Gasteiger partial charge in [0, 0.05) is 26.2 Å². The van der Waals surface area contributed by atoms with Crippen molar-refractivity contribution in [1.82, 2.24) is 15.4 Å². The van der Waals surface area contributed by atoms with Gasteiger partial charge in [-0.2, -0.15) is 0 Å². The van der Waals surface area contributed by atoms with Crippen molar-refractivity contribution < 1.29 is 8.42 Å². The third-order valence-corrected chi connectivity index (χ3v) is 5.60. The van der Waals surface area contributed by atoms with E-state index in [1.165, 1.54) is 11.1 Å². The van der Waals surface area contributed by atoms with E-state index < -0.39 is 10.0 Å². The average molecular weight is 530 g/mol. The van der Waals surface area contributed by atoms with E-state index in [0.717, 1.165) is 11.1 Å². The Morgan fingerprint density at radius 1 is 0.897 bits per heavy atom. The molecule has 0 radical (unpaired) electrons. The molecule has 0 atom stereocenters. The van der Waals surface area contributed by atoms with E-state index in [1.54, 1.807) is 7.05 Å². The Labute approximate surface area is 191 Å². The molecule has 2 aromatic rings. The molecule has 0 saturated carbocycles. The third kappa shape index (κ3) is 9.60. The van der Waals surface area contributed by atoms with Gasteiger partial charge >= 0.3 is 0 Å². The van der Waals surface area contributed by atoms with Crippen molar-refractivity contribution >= 4 is 40.0 Å². The SMILES string of the molecule is CN=C(NCc1ccc(C)cc1)NCc1ccc(CS(=O)(=O)NC(C)C)cc1.I. The summed E-state index contributed by atoms with van der Waals surface area (Å²) in [7, 11) is -1.57. The molecule has 0 aliphatic carbocycles. The van der Waals surface area contributed by atoms with Crippen LogP contribution in [0.15, 0.2) is 53.5 Å². The van der Waals surface area contributed by atoms with E-state index in [0.29, 0.717) is 19.0 Å². The molecule has 0 fully saturated rings. The molecule has 0 unspecified atom stereocenters. The number of rotatable bonds is 8. The third-order valence-electron chi connectivity index (χ3n) is 4.06. The minimum Gasteiger partial charge on any atom is -0.352 e. The number of aryl methyl sites for hydroxylation is 1. The lowest BCUT2D eigenvalue weighted by atomic mass is 10.1. The summed E-state index contributed by atoms with van der Waals surface area (Å²) in [5.74, 6) is 0.701. The first-order valence-corrected chi connectivity index (χ1v) is 11.0. The number of halogens is 1. The van der Waals surface area contributed by atoms with Crippen LogP contribution in [0.5, 0.6) is 0 Å². The first-order valence-electron chi connectivity index (χ1n) is 9.35. The first kappa shape index (κ1) is 25.4. The zero-order chi connectivity index (χ0) is 20.6. The summed E-state index contributed by atoms with van der Waals surface area (Å²) in [6.45, 7) is 6.99. The van der Waals surface area contributed by atoms with Crippen LogP contribution in [0.3, 0.4) is 0 Å². The molecule has 0 spiro atoms. The number of hydrogen-bond acceptors (Lipinski definition) is 3. The number of nitrogens with one attached hydrogen (secondary N) is 3. The van der Waals surface area contributed by atoms with Crippen LogP contribution in [0.25, 0.3) is 0 Å². The molecule has 2 aromatic carbocycles. The molecule has 6 nitrogen and oxygen atoms in total. The average Bonchev–Trinajstić information content (AvgIpc) is 2.63. The Bertz CT molecular complexity index is 880. The van der Waals surface area contributed by atoms with E-state index in [-0.39, 0.29) is 35.8 Å². The summed E-state index contributed by atoms with van der Waals surface area (Å²) in [5.41, 5.74) is 4.24. The number of guanidine groups is 1. The number of benzene rings is 2. The van der Waals surface area contributed by atoms with Crippen molar-refractivity contribution in [2.75, 3.05) is 7.05 Å². The zero-order valence-electron chi connectivity index (χ0n) is 17.4. The predicted octanol–water partition coefficient (Wildman–Crippen LogP) is 3.31. The number of aliphatic imine (C=N–C) groups is 1. The van der Waals surface area contributed by atoms with Crippen molar-refractivity contribution in [3.8, 4) is 0 Å². The molecule has 160 valence electrons. The van der Waals surface area contributed by atoms with Crippen LogP contribution in [0.1, 0.15) is 36.1 Å². The van der Waals surface area contributed by atoms with Crippen molar-refractivity contribution in [2.45, 2.75) is 45.7 Å². The van der Waals surface area contributed by atoms with Crippen LogP contribution in [-0.4, -0.2) is 27.5 Å². The Morgan fingerprint density at radius 2 is 1.34 bits per heavy atom. The maximum Gasteiger partial charge on any atom is 0.216 e. The summed E-state index contributed by atoms with van der Waals surface area (Å²) in [5, 5.41) is 6.56. The first-order chi connectivity index (χ1) is 13.3. The fourth-order valence-electron chi connectivity index (χ4n) is 2.67. The number of nitrogens with zero attached hydrogens (tertiary/aromatic N) is 1. The lowest BCUT2D eigenvalue weighted by Crippen LogP contribution is -2.36. The Hall–Kier alpha value is -1.65. The molecule has 0 aliphatic rings. The molecule has 0 heterocycles. The largest absolute Gasteiger partial charge is 0.352 e. The second-order valence-corrected chi connectivity index (χ2v) is 8.87. The monoisotopic (exact) mass is 530 g/mol. The van der Waals surface area contributed by atoms with Gasteiger partial charge in [0.2, 0.25) is 10.0 Å². The van der Waals surface area contributed by atoms with Crippen molar-refractivity contribution in [3.05, 3.63) is 70.8 Å². The second kappa shape index (κ2) is 12.1.